The minimum atomic E-state index is 0.740. The summed E-state index contributed by atoms with van der Waals surface area (Å²) >= 11 is 0. The van der Waals surface area contributed by atoms with Crippen molar-refractivity contribution in [2.24, 2.45) is 11.8 Å². The molecule has 106 valence electrons. The smallest absolute Gasteiger partial charge is 0.119 e. The van der Waals surface area contributed by atoms with Crippen LogP contribution in [-0.2, 0) is 0 Å². The molecule has 0 aliphatic heterocycles. The van der Waals surface area contributed by atoms with Crippen molar-refractivity contribution in [2.45, 2.75) is 39.5 Å². The molecule has 1 saturated carbocycles. The Labute approximate surface area is 117 Å². The fourth-order valence-electron chi connectivity index (χ4n) is 2.79. The van der Waals surface area contributed by atoms with E-state index in [4.69, 9.17) is 4.74 Å². The lowest BCUT2D eigenvalue weighted by atomic mass is 9.70. The average Bonchev–Trinajstić information content (AvgIpc) is 2.35. The third kappa shape index (κ3) is 3.97. The Hall–Kier alpha value is -1.02. The van der Waals surface area contributed by atoms with Gasteiger partial charge in [0, 0.05) is 0 Å². The molecule has 2 atom stereocenters. The average molecular weight is 261 g/mol. The first kappa shape index (κ1) is 14.4. The molecule has 0 radical (unpaired) electrons. The molecule has 2 nitrogen and oxygen atoms in total. The summed E-state index contributed by atoms with van der Waals surface area (Å²) in [7, 11) is 0. The van der Waals surface area contributed by atoms with Crippen LogP contribution >= 0.6 is 0 Å². The van der Waals surface area contributed by atoms with Crippen molar-refractivity contribution in [3.05, 3.63) is 29.8 Å². The first-order valence-electron chi connectivity index (χ1n) is 7.64. The predicted molar refractivity (Wildman–Crippen MR) is 80.8 cm³/mol. The zero-order chi connectivity index (χ0) is 13.7. The summed E-state index contributed by atoms with van der Waals surface area (Å²) < 4.78 is 5.50. The van der Waals surface area contributed by atoms with Gasteiger partial charge in [0.1, 0.15) is 5.75 Å². The van der Waals surface area contributed by atoms with Crippen molar-refractivity contribution in [1.29, 1.82) is 0 Å². The van der Waals surface area contributed by atoms with Gasteiger partial charge in [0.2, 0.25) is 0 Å². The maximum absolute atomic E-state index is 5.50. The van der Waals surface area contributed by atoms with Crippen molar-refractivity contribution in [3.8, 4) is 5.75 Å². The summed E-state index contributed by atoms with van der Waals surface area (Å²) in [5, 5.41) is 3.59. The molecule has 1 aliphatic carbocycles. The molecule has 1 aromatic carbocycles. The van der Waals surface area contributed by atoms with E-state index < -0.39 is 0 Å². The zero-order valence-corrected chi connectivity index (χ0v) is 12.5. The van der Waals surface area contributed by atoms with Gasteiger partial charge in [-0.1, -0.05) is 26.0 Å². The predicted octanol–water partition coefficient (Wildman–Crippen LogP) is 3.82. The summed E-state index contributed by atoms with van der Waals surface area (Å²) in [5.41, 5.74) is 1.48. The number of benzene rings is 1. The van der Waals surface area contributed by atoms with Gasteiger partial charge < -0.3 is 10.1 Å². The van der Waals surface area contributed by atoms with Gasteiger partial charge in [-0.3, -0.25) is 0 Å². The van der Waals surface area contributed by atoms with Crippen molar-refractivity contribution in [2.75, 3.05) is 19.7 Å². The van der Waals surface area contributed by atoms with Crippen LogP contribution in [0, 0.1) is 11.8 Å². The topological polar surface area (TPSA) is 21.3 Å². The van der Waals surface area contributed by atoms with Crippen LogP contribution in [0.3, 0.4) is 0 Å². The molecule has 19 heavy (non-hydrogen) atoms. The third-order valence-corrected chi connectivity index (χ3v) is 4.00. The molecular formula is C17H27NO. The molecule has 1 N–H and O–H groups in total. The van der Waals surface area contributed by atoms with Gasteiger partial charge in [0.15, 0.2) is 0 Å². The molecular weight excluding hydrogens is 234 g/mol. The number of hydrogen-bond donors (Lipinski definition) is 1. The van der Waals surface area contributed by atoms with E-state index in [0.29, 0.717) is 0 Å². The SMILES string of the molecule is CCOc1ccc(C2CCC2CNCC(C)C)cc1. The minimum absolute atomic E-state index is 0.740. The number of rotatable bonds is 7. The fraction of sp³-hybridized carbons (Fsp3) is 0.647. The Kier molecular flexibility index (Phi) is 5.26. The van der Waals surface area contributed by atoms with Gasteiger partial charge in [0.05, 0.1) is 6.61 Å². The second kappa shape index (κ2) is 6.95. The standard InChI is InChI=1S/C17H27NO/c1-4-19-16-8-5-14(6-9-16)17-10-7-15(17)12-18-11-13(2)3/h5-6,8-9,13,15,17-18H,4,7,10-12H2,1-3H3. The van der Waals surface area contributed by atoms with E-state index in [2.05, 4.69) is 43.4 Å². The highest BCUT2D eigenvalue weighted by Crippen LogP contribution is 2.42. The molecule has 1 aliphatic rings. The Morgan fingerprint density at radius 2 is 1.95 bits per heavy atom. The molecule has 0 heterocycles. The van der Waals surface area contributed by atoms with Crippen LogP contribution in [0.4, 0.5) is 0 Å². The molecule has 2 heteroatoms. The normalized spacial score (nSPS) is 22.3. The second-order valence-electron chi connectivity index (χ2n) is 6.00. The number of hydrogen-bond acceptors (Lipinski definition) is 2. The summed E-state index contributed by atoms with van der Waals surface area (Å²) in [4.78, 5) is 0. The quantitative estimate of drug-likeness (QED) is 0.805. The second-order valence-corrected chi connectivity index (χ2v) is 6.00. The van der Waals surface area contributed by atoms with E-state index in [1.54, 1.807) is 0 Å². The summed E-state index contributed by atoms with van der Waals surface area (Å²) in [6.07, 6.45) is 2.70. The van der Waals surface area contributed by atoms with Gasteiger partial charge in [0.25, 0.3) is 0 Å². The third-order valence-electron chi connectivity index (χ3n) is 4.00. The summed E-state index contributed by atoms with van der Waals surface area (Å²) in [6, 6.07) is 8.69. The molecule has 0 bridgehead atoms. The highest BCUT2D eigenvalue weighted by atomic mass is 16.5. The molecule has 2 unspecified atom stereocenters. The molecule has 0 amide bonds. The van der Waals surface area contributed by atoms with Crippen LogP contribution in [0.2, 0.25) is 0 Å². The maximum Gasteiger partial charge on any atom is 0.119 e. The molecule has 0 saturated heterocycles. The van der Waals surface area contributed by atoms with E-state index in [0.717, 1.165) is 43.2 Å². The van der Waals surface area contributed by atoms with E-state index in [1.165, 1.54) is 18.4 Å². The minimum Gasteiger partial charge on any atom is -0.494 e. The first-order chi connectivity index (χ1) is 9.20. The van der Waals surface area contributed by atoms with E-state index in [1.807, 2.05) is 6.92 Å². The Morgan fingerprint density at radius 3 is 2.47 bits per heavy atom. The summed E-state index contributed by atoms with van der Waals surface area (Å²) in [5.74, 6) is 3.29. The van der Waals surface area contributed by atoms with E-state index in [-0.39, 0.29) is 0 Å². The van der Waals surface area contributed by atoms with Gasteiger partial charge >= 0.3 is 0 Å². The lowest BCUT2D eigenvalue weighted by molar-refractivity contribution is 0.243. The van der Waals surface area contributed by atoms with Crippen LogP contribution in [0.25, 0.3) is 0 Å². The fourth-order valence-corrected chi connectivity index (χ4v) is 2.79. The van der Waals surface area contributed by atoms with E-state index in [9.17, 15) is 0 Å². The van der Waals surface area contributed by atoms with Gasteiger partial charge in [-0.2, -0.15) is 0 Å². The molecule has 2 rings (SSSR count). The lowest BCUT2D eigenvalue weighted by Gasteiger charge is -2.37. The van der Waals surface area contributed by atoms with Crippen LogP contribution < -0.4 is 10.1 Å². The van der Waals surface area contributed by atoms with Crippen LogP contribution in [0.5, 0.6) is 5.75 Å². The van der Waals surface area contributed by atoms with Gasteiger partial charge in [-0.25, -0.2) is 0 Å². The maximum atomic E-state index is 5.50. The Bertz CT molecular complexity index is 371. The van der Waals surface area contributed by atoms with Crippen molar-refractivity contribution >= 4 is 0 Å². The van der Waals surface area contributed by atoms with Gasteiger partial charge in [-0.05, 0) is 68.3 Å². The van der Waals surface area contributed by atoms with Crippen LogP contribution in [-0.4, -0.2) is 19.7 Å². The Morgan fingerprint density at radius 1 is 1.21 bits per heavy atom. The Balaban J connectivity index is 1.84. The summed E-state index contributed by atoms with van der Waals surface area (Å²) in [6.45, 7) is 9.58. The molecule has 1 fully saturated rings. The largest absolute Gasteiger partial charge is 0.494 e. The first-order valence-corrected chi connectivity index (χ1v) is 7.64. The number of nitrogens with one attached hydrogen (secondary N) is 1. The molecule has 0 spiro atoms. The highest BCUT2D eigenvalue weighted by Gasteiger charge is 2.31. The van der Waals surface area contributed by atoms with Crippen LogP contribution in [0.1, 0.15) is 45.1 Å². The van der Waals surface area contributed by atoms with Gasteiger partial charge in [-0.15, -0.1) is 0 Å². The zero-order valence-electron chi connectivity index (χ0n) is 12.5. The van der Waals surface area contributed by atoms with Crippen molar-refractivity contribution in [3.63, 3.8) is 0 Å². The van der Waals surface area contributed by atoms with Crippen molar-refractivity contribution < 1.29 is 4.74 Å². The molecule has 1 aromatic rings. The van der Waals surface area contributed by atoms with E-state index >= 15 is 0 Å². The highest BCUT2D eigenvalue weighted by molar-refractivity contribution is 5.31. The van der Waals surface area contributed by atoms with Crippen LogP contribution in [0.15, 0.2) is 24.3 Å². The number of ether oxygens (including phenoxy) is 1. The monoisotopic (exact) mass is 261 g/mol. The molecule has 0 aromatic heterocycles. The lowest BCUT2D eigenvalue weighted by Crippen LogP contribution is -2.35. The van der Waals surface area contributed by atoms with Crippen molar-refractivity contribution in [1.82, 2.24) is 5.32 Å².